The van der Waals surface area contributed by atoms with Gasteiger partial charge in [0.05, 0.1) is 22.7 Å². The molecule has 1 aromatic heterocycles. The molecule has 6 heteroatoms. The summed E-state index contributed by atoms with van der Waals surface area (Å²) in [6.07, 6.45) is 0. The van der Waals surface area contributed by atoms with Crippen LogP contribution in [-0.2, 0) is 6.54 Å². The zero-order valence-electron chi connectivity index (χ0n) is 10.1. The first-order chi connectivity index (χ1) is 9.10. The number of aromatic carboxylic acids is 1. The topological polar surface area (TPSA) is 58.6 Å². The highest BCUT2D eigenvalue weighted by Crippen LogP contribution is 2.28. The maximum Gasteiger partial charge on any atom is 0.335 e. The molecule has 2 aromatic rings. The van der Waals surface area contributed by atoms with Gasteiger partial charge in [-0.15, -0.1) is 11.3 Å². The Kier molecular flexibility index (Phi) is 4.29. The number of carbonyl (C=O) groups is 1. The third-order valence-electron chi connectivity index (χ3n) is 2.53. The van der Waals surface area contributed by atoms with Crippen LogP contribution in [0.15, 0.2) is 30.3 Å². The van der Waals surface area contributed by atoms with Crippen LogP contribution in [-0.4, -0.2) is 18.2 Å². The molecule has 1 aromatic carbocycles. The van der Waals surface area contributed by atoms with Gasteiger partial charge in [-0.1, -0.05) is 11.6 Å². The fourth-order valence-corrected chi connectivity index (χ4v) is 2.64. The molecule has 4 nitrogen and oxygen atoms in total. The first-order valence-corrected chi connectivity index (χ1v) is 6.69. The van der Waals surface area contributed by atoms with Crippen LogP contribution in [0.3, 0.4) is 0 Å². The van der Waals surface area contributed by atoms with Crippen LogP contribution in [0.1, 0.15) is 15.2 Å². The minimum absolute atomic E-state index is 0.215. The summed E-state index contributed by atoms with van der Waals surface area (Å²) >= 11 is 7.33. The molecular formula is C13H12ClNO3S. The number of hydrogen-bond donors (Lipinski definition) is 2. The molecule has 0 unspecified atom stereocenters. The smallest absolute Gasteiger partial charge is 0.335 e. The molecule has 0 spiro atoms. The number of methoxy groups -OCH3 is 1. The molecular weight excluding hydrogens is 286 g/mol. The number of ether oxygens (including phenoxy) is 1. The standard InChI is InChI=1S/C13H12ClNO3S/c1-18-11-4-2-8(13(16)17)6-10(11)15-7-9-3-5-12(14)19-9/h2-6,15H,7H2,1H3,(H,16,17). The van der Waals surface area contributed by atoms with Crippen LogP contribution in [0.25, 0.3) is 0 Å². The van der Waals surface area contributed by atoms with Crippen LogP contribution in [0, 0.1) is 0 Å². The van der Waals surface area contributed by atoms with Crippen molar-refractivity contribution in [1.82, 2.24) is 0 Å². The highest BCUT2D eigenvalue weighted by atomic mass is 35.5. The van der Waals surface area contributed by atoms with Crippen molar-refractivity contribution in [2.75, 3.05) is 12.4 Å². The van der Waals surface area contributed by atoms with Gasteiger partial charge in [-0.05, 0) is 30.3 Å². The second-order valence-corrected chi connectivity index (χ2v) is 5.58. The highest BCUT2D eigenvalue weighted by Gasteiger charge is 2.09. The van der Waals surface area contributed by atoms with E-state index in [4.69, 9.17) is 21.4 Å². The van der Waals surface area contributed by atoms with E-state index in [2.05, 4.69) is 5.32 Å². The van der Waals surface area contributed by atoms with E-state index in [0.29, 0.717) is 18.0 Å². The quantitative estimate of drug-likeness (QED) is 0.883. The lowest BCUT2D eigenvalue weighted by atomic mass is 10.2. The van der Waals surface area contributed by atoms with Crippen molar-refractivity contribution in [2.45, 2.75) is 6.54 Å². The Hall–Kier alpha value is -1.72. The summed E-state index contributed by atoms with van der Waals surface area (Å²) in [6, 6.07) is 8.44. The number of halogens is 1. The molecule has 0 atom stereocenters. The number of hydrogen-bond acceptors (Lipinski definition) is 4. The van der Waals surface area contributed by atoms with Crippen LogP contribution in [0.5, 0.6) is 5.75 Å². The maximum atomic E-state index is 10.9. The molecule has 100 valence electrons. The summed E-state index contributed by atoms with van der Waals surface area (Å²) < 4.78 is 5.92. The molecule has 0 aliphatic rings. The first-order valence-electron chi connectivity index (χ1n) is 5.49. The number of carboxylic acids is 1. The van der Waals surface area contributed by atoms with Gasteiger partial charge in [0.15, 0.2) is 0 Å². The Labute approximate surface area is 119 Å². The van der Waals surface area contributed by atoms with Gasteiger partial charge in [0.1, 0.15) is 5.75 Å². The molecule has 0 bridgehead atoms. The van der Waals surface area contributed by atoms with Gasteiger partial charge in [-0.25, -0.2) is 4.79 Å². The van der Waals surface area contributed by atoms with Gasteiger partial charge < -0.3 is 15.2 Å². The van der Waals surface area contributed by atoms with E-state index in [9.17, 15) is 4.79 Å². The molecule has 19 heavy (non-hydrogen) atoms. The van der Waals surface area contributed by atoms with Crippen LogP contribution >= 0.6 is 22.9 Å². The van der Waals surface area contributed by atoms with Crippen molar-refractivity contribution >= 4 is 34.6 Å². The summed E-state index contributed by atoms with van der Waals surface area (Å²) in [7, 11) is 1.54. The molecule has 0 aliphatic heterocycles. The van der Waals surface area contributed by atoms with Gasteiger partial charge in [0.2, 0.25) is 0 Å². The van der Waals surface area contributed by atoms with Gasteiger partial charge >= 0.3 is 5.97 Å². The summed E-state index contributed by atoms with van der Waals surface area (Å²) in [5, 5.41) is 12.1. The molecule has 2 N–H and O–H groups in total. The van der Waals surface area contributed by atoms with E-state index in [1.165, 1.54) is 17.4 Å². The van der Waals surface area contributed by atoms with E-state index >= 15 is 0 Å². The van der Waals surface area contributed by atoms with E-state index < -0.39 is 5.97 Å². The number of benzene rings is 1. The zero-order valence-corrected chi connectivity index (χ0v) is 11.7. The Balaban J connectivity index is 2.17. The molecule has 0 radical (unpaired) electrons. The lowest BCUT2D eigenvalue weighted by Gasteiger charge is -2.11. The van der Waals surface area contributed by atoms with Gasteiger partial charge in [-0.2, -0.15) is 0 Å². The summed E-state index contributed by atoms with van der Waals surface area (Å²) in [4.78, 5) is 12.0. The predicted molar refractivity (Wildman–Crippen MR) is 76.6 cm³/mol. The normalized spacial score (nSPS) is 10.2. The fourth-order valence-electron chi connectivity index (χ4n) is 1.61. The Morgan fingerprint density at radius 1 is 1.42 bits per heavy atom. The van der Waals surface area contributed by atoms with E-state index in [1.807, 2.05) is 12.1 Å². The van der Waals surface area contributed by atoms with Gasteiger partial charge in [0, 0.05) is 11.4 Å². The SMILES string of the molecule is COc1ccc(C(=O)O)cc1NCc1ccc(Cl)s1. The molecule has 2 rings (SSSR count). The first kappa shape index (κ1) is 13.7. The molecule has 0 fully saturated rings. The van der Waals surface area contributed by atoms with Crippen molar-refractivity contribution < 1.29 is 14.6 Å². The maximum absolute atomic E-state index is 10.9. The highest BCUT2D eigenvalue weighted by molar-refractivity contribution is 7.16. The van der Waals surface area contributed by atoms with E-state index in [1.54, 1.807) is 19.2 Å². The minimum atomic E-state index is -0.968. The average Bonchev–Trinajstić information content (AvgIpc) is 2.81. The summed E-state index contributed by atoms with van der Waals surface area (Å²) in [5.41, 5.74) is 0.861. The van der Waals surface area contributed by atoms with Crippen molar-refractivity contribution in [3.63, 3.8) is 0 Å². The van der Waals surface area contributed by atoms with Crippen LogP contribution in [0.2, 0.25) is 4.34 Å². The molecule has 1 heterocycles. The number of thiophene rings is 1. The van der Waals surface area contributed by atoms with Gasteiger partial charge in [0.25, 0.3) is 0 Å². The van der Waals surface area contributed by atoms with E-state index in [0.717, 1.165) is 9.21 Å². The number of anilines is 1. The van der Waals surface area contributed by atoms with Gasteiger partial charge in [-0.3, -0.25) is 0 Å². The van der Waals surface area contributed by atoms with Crippen molar-refractivity contribution in [1.29, 1.82) is 0 Å². The lowest BCUT2D eigenvalue weighted by molar-refractivity contribution is 0.0697. The Bertz CT molecular complexity index is 597. The number of rotatable bonds is 5. The predicted octanol–water partition coefficient (Wildman–Crippen LogP) is 3.72. The molecule has 0 saturated heterocycles. The molecule has 0 aliphatic carbocycles. The van der Waals surface area contributed by atoms with Crippen molar-refractivity contribution in [3.05, 3.63) is 45.1 Å². The van der Waals surface area contributed by atoms with Crippen LogP contribution in [0.4, 0.5) is 5.69 Å². The third kappa shape index (κ3) is 3.39. The van der Waals surface area contributed by atoms with Crippen molar-refractivity contribution in [2.24, 2.45) is 0 Å². The summed E-state index contributed by atoms with van der Waals surface area (Å²) in [6.45, 7) is 0.566. The Morgan fingerprint density at radius 2 is 2.21 bits per heavy atom. The Morgan fingerprint density at radius 3 is 2.79 bits per heavy atom. The molecule has 0 saturated carbocycles. The fraction of sp³-hybridized carbons (Fsp3) is 0.154. The third-order valence-corrected chi connectivity index (χ3v) is 3.76. The number of carboxylic acid groups (broad SMARTS) is 1. The van der Waals surface area contributed by atoms with Crippen molar-refractivity contribution in [3.8, 4) is 5.75 Å². The minimum Gasteiger partial charge on any atom is -0.495 e. The average molecular weight is 298 g/mol. The van der Waals surface area contributed by atoms with Crippen LogP contribution < -0.4 is 10.1 Å². The largest absolute Gasteiger partial charge is 0.495 e. The molecule has 0 amide bonds. The zero-order chi connectivity index (χ0) is 13.8. The second kappa shape index (κ2) is 5.95. The number of nitrogens with one attached hydrogen (secondary N) is 1. The monoisotopic (exact) mass is 297 g/mol. The lowest BCUT2D eigenvalue weighted by Crippen LogP contribution is -2.03. The summed E-state index contributed by atoms with van der Waals surface area (Å²) in [5.74, 6) is -0.363. The second-order valence-electron chi connectivity index (χ2n) is 3.78. The van der Waals surface area contributed by atoms with E-state index in [-0.39, 0.29) is 5.56 Å².